The van der Waals surface area contributed by atoms with Crippen LogP contribution in [-0.4, -0.2) is 37.4 Å². The summed E-state index contributed by atoms with van der Waals surface area (Å²) < 4.78 is 1.65. The second-order valence-corrected chi connectivity index (χ2v) is 7.77. The molecule has 2 aromatic heterocycles. The van der Waals surface area contributed by atoms with Gasteiger partial charge in [0, 0.05) is 24.2 Å². The first-order valence-electron chi connectivity index (χ1n) is 9.75. The Balaban J connectivity index is 1.49. The van der Waals surface area contributed by atoms with Crippen LogP contribution < -0.4 is 5.32 Å². The van der Waals surface area contributed by atoms with Crippen molar-refractivity contribution in [2.75, 3.05) is 5.32 Å². The van der Waals surface area contributed by atoms with Crippen molar-refractivity contribution < 1.29 is 14.4 Å². The fraction of sp³-hybridized carbons (Fsp3) is 0.227. The Bertz CT molecular complexity index is 1170. The molecule has 31 heavy (non-hydrogen) atoms. The molecule has 1 N–H and O–H groups in total. The SMILES string of the molecule is Cc1cc(C)n(-c2ccc(Cl)c(C(=O)Nc3ccc(CN4C(=O)CCC4=O)cc3)n2)n1. The summed E-state index contributed by atoms with van der Waals surface area (Å²) in [6.07, 6.45) is 0.523. The predicted molar refractivity (Wildman–Crippen MR) is 115 cm³/mol. The molecule has 0 unspecified atom stereocenters. The number of rotatable bonds is 5. The molecule has 0 saturated carbocycles. The number of carbonyl (C=O) groups is 3. The molecule has 0 radical (unpaired) electrons. The van der Waals surface area contributed by atoms with E-state index in [-0.39, 0.29) is 41.9 Å². The molecule has 0 bridgehead atoms. The van der Waals surface area contributed by atoms with E-state index in [0.717, 1.165) is 17.0 Å². The number of benzene rings is 1. The van der Waals surface area contributed by atoms with Gasteiger partial charge in [-0.05, 0) is 49.7 Å². The Morgan fingerprint density at radius 1 is 1.06 bits per heavy atom. The van der Waals surface area contributed by atoms with Crippen molar-refractivity contribution in [3.8, 4) is 5.82 Å². The molecular formula is C22H20ClN5O3. The lowest BCUT2D eigenvalue weighted by Crippen LogP contribution is -2.28. The maximum atomic E-state index is 12.8. The number of anilines is 1. The highest BCUT2D eigenvalue weighted by Crippen LogP contribution is 2.21. The normalized spacial score (nSPS) is 13.7. The van der Waals surface area contributed by atoms with Gasteiger partial charge in [0.25, 0.3) is 5.91 Å². The Morgan fingerprint density at radius 3 is 2.35 bits per heavy atom. The van der Waals surface area contributed by atoms with Gasteiger partial charge in [0.2, 0.25) is 11.8 Å². The first-order chi connectivity index (χ1) is 14.8. The van der Waals surface area contributed by atoms with Gasteiger partial charge in [-0.15, -0.1) is 0 Å². The lowest BCUT2D eigenvalue weighted by atomic mass is 10.2. The number of hydrogen-bond donors (Lipinski definition) is 1. The molecule has 8 nitrogen and oxygen atoms in total. The van der Waals surface area contributed by atoms with Crippen LogP contribution in [0, 0.1) is 13.8 Å². The molecule has 4 rings (SSSR count). The van der Waals surface area contributed by atoms with E-state index in [1.807, 2.05) is 19.9 Å². The van der Waals surface area contributed by atoms with Crippen molar-refractivity contribution in [2.24, 2.45) is 0 Å². The van der Waals surface area contributed by atoms with Crippen molar-refractivity contribution in [2.45, 2.75) is 33.2 Å². The zero-order chi connectivity index (χ0) is 22.1. The van der Waals surface area contributed by atoms with Crippen molar-refractivity contribution in [3.63, 3.8) is 0 Å². The number of imide groups is 1. The van der Waals surface area contributed by atoms with Crippen molar-refractivity contribution >= 4 is 35.0 Å². The number of aromatic nitrogens is 3. The van der Waals surface area contributed by atoms with Gasteiger partial charge in [-0.1, -0.05) is 23.7 Å². The number of aryl methyl sites for hydroxylation is 2. The lowest BCUT2D eigenvalue weighted by molar-refractivity contribution is -0.139. The number of pyridine rings is 1. The Labute approximate surface area is 183 Å². The molecule has 9 heteroatoms. The minimum Gasteiger partial charge on any atom is -0.321 e. The van der Waals surface area contributed by atoms with Gasteiger partial charge in [0.1, 0.15) is 5.69 Å². The summed E-state index contributed by atoms with van der Waals surface area (Å²) in [7, 11) is 0. The van der Waals surface area contributed by atoms with E-state index in [1.165, 1.54) is 4.90 Å². The summed E-state index contributed by atoms with van der Waals surface area (Å²) >= 11 is 6.22. The number of nitrogens with zero attached hydrogens (tertiary/aromatic N) is 4. The van der Waals surface area contributed by atoms with Crippen LogP contribution in [0.15, 0.2) is 42.5 Å². The maximum Gasteiger partial charge on any atom is 0.275 e. The maximum absolute atomic E-state index is 12.8. The van der Waals surface area contributed by atoms with E-state index >= 15 is 0 Å². The minimum atomic E-state index is -0.453. The van der Waals surface area contributed by atoms with Gasteiger partial charge in [0.05, 0.1) is 17.3 Å². The van der Waals surface area contributed by atoms with E-state index in [0.29, 0.717) is 11.5 Å². The Hall–Kier alpha value is -3.52. The molecule has 1 aliphatic heterocycles. The third kappa shape index (κ3) is 4.34. The van der Waals surface area contributed by atoms with Crippen LogP contribution in [0.3, 0.4) is 0 Å². The van der Waals surface area contributed by atoms with E-state index in [1.54, 1.807) is 41.1 Å². The lowest BCUT2D eigenvalue weighted by Gasteiger charge is -2.14. The van der Waals surface area contributed by atoms with Crippen LogP contribution in [0.1, 0.15) is 40.3 Å². The second-order valence-electron chi connectivity index (χ2n) is 7.36. The van der Waals surface area contributed by atoms with Gasteiger partial charge in [-0.25, -0.2) is 9.67 Å². The van der Waals surface area contributed by atoms with Crippen molar-refractivity contribution in [1.29, 1.82) is 0 Å². The third-order valence-electron chi connectivity index (χ3n) is 4.98. The summed E-state index contributed by atoms with van der Waals surface area (Å²) in [6.45, 7) is 4.01. The minimum absolute atomic E-state index is 0.0871. The van der Waals surface area contributed by atoms with Crippen LogP contribution in [0.4, 0.5) is 5.69 Å². The number of amides is 3. The monoisotopic (exact) mass is 437 g/mol. The Morgan fingerprint density at radius 2 is 1.74 bits per heavy atom. The van der Waals surface area contributed by atoms with Crippen LogP contribution in [0.2, 0.25) is 5.02 Å². The van der Waals surface area contributed by atoms with E-state index in [2.05, 4.69) is 15.4 Å². The standard InChI is InChI=1S/C22H20ClN5O3/c1-13-11-14(2)28(26-13)18-8-7-17(23)21(25-18)22(31)24-16-5-3-15(4-6-16)12-27-19(29)9-10-20(27)30/h3-8,11H,9-10,12H2,1-2H3,(H,24,31). The molecule has 3 aromatic rings. The second kappa shape index (κ2) is 8.31. The van der Waals surface area contributed by atoms with Crippen LogP contribution >= 0.6 is 11.6 Å². The van der Waals surface area contributed by atoms with Crippen LogP contribution in [0.25, 0.3) is 5.82 Å². The number of halogens is 1. The molecule has 0 atom stereocenters. The third-order valence-corrected chi connectivity index (χ3v) is 5.29. The zero-order valence-electron chi connectivity index (χ0n) is 17.1. The van der Waals surface area contributed by atoms with Gasteiger partial charge in [0.15, 0.2) is 5.82 Å². The fourth-order valence-corrected chi connectivity index (χ4v) is 3.63. The molecule has 1 fully saturated rings. The van der Waals surface area contributed by atoms with Crippen LogP contribution in [-0.2, 0) is 16.1 Å². The highest BCUT2D eigenvalue weighted by molar-refractivity contribution is 6.34. The van der Waals surface area contributed by atoms with Crippen LogP contribution in [0.5, 0.6) is 0 Å². The molecule has 3 heterocycles. The molecule has 0 spiro atoms. The van der Waals surface area contributed by atoms with E-state index in [9.17, 15) is 14.4 Å². The fourth-order valence-electron chi connectivity index (χ4n) is 3.44. The quantitative estimate of drug-likeness (QED) is 0.616. The van der Waals surface area contributed by atoms with Gasteiger partial charge in [-0.2, -0.15) is 5.10 Å². The summed E-state index contributed by atoms with van der Waals surface area (Å²) in [4.78, 5) is 41.9. The number of carbonyl (C=O) groups excluding carboxylic acids is 3. The summed E-state index contributed by atoms with van der Waals surface area (Å²) in [6, 6.07) is 12.2. The highest BCUT2D eigenvalue weighted by atomic mass is 35.5. The smallest absolute Gasteiger partial charge is 0.275 e. The molecule has 1 aliphatic rings. The van der Waals surface area contributed by atoms with Crippen molar-refractivity contribution in [1.82, 2.24) is 19.7 Å². The highest BCUT2D eigenvalue weighted by Gasteiger charge is 2.28. The average Bonchev–Trinajstić information content (AvgIpc) is 3.24. The summed E-state index contributed by atoms with van der Waals surface area (Å²) in [5.74, 6) is -0.280. The summed E-state index contributed by atoms with van der Waals surface area (Å²) in [5.41, 5.74) is 3.16. The number of nitrogens with one attached hydrogen (secondary N) is 1. The van der Waals surface area contributed by atoms with Gasteiger partial charge >= 0.3 is 0 Å². The number of hydrogen-bond acceptors (Lipinski definition) is 5. The molecular weight excluding hydrogens is 418 g/mol. The molecule has 1 aromatic carbocycles. The number of likely N-dealkylation sites (tertiary alicyclic amines) is 1. The molecule has 0 aliphatic carbocycles. The van der Waals surface area contributed by atoms with Crippen molar-refractivity contribution in [3.05, 3.63) is 70.1 Å². The predicted octanol–water partition coefficient (Wildman–Crippen LogP) is 3.44. The van der Waals surface area contributed by atoms with Gasteiger partial charge in [-0.3, -0.25) is 19.3 Å². The molecule has 158 valence electrons. The van der Waals surface area contributed by atoms with Gasteiger partial charge < -0.3 is 5.32 Å². The zero-order valence-corrected chi connectivity index (χ0v) is 17.8. The first-order valence-corrected chi connectivity index (χ1v) is 10.1. The Kier molecular flexibility index (Phi) is 5.56. The molecule has 3 amide bonds. The largest absolute Gasteiger partial charge is 0.321 e. The van der Waals surface area contributed by atoms with E-state index < -0.39 is 5.91 Å². The first kappa shape index (κ1) is 20.7. The topological polar surface area (TPSA) is 97.2 Å². The molecule has 1 saturated heterocycles. The summed E-state index contributed by atoms with van der Waals surface area (Å²) in [5, 5.41) is 7.38. The average molecular weight is 438 g/mol. The van der Waals surface area contributed by atoms with E-state index in [4.69, 9.17) is 11.6 Å².